The molecule has 0 fully saturated rings. The average Bonchev–Trinajstić information content (AvgIpc) is 2.57. The average molecular weight is 390 g/mol. The van der Waals surface area contributed by atoms with Crippen molar-refractivity contribution in [2.45, 2.75) is 4.90 Å². The Balaban J connectivity index is 2.00. The van der Waals surface area contributed by atoms with E-state index in [4.69, 9.17) is 32.7 Å². The fourth-order valence-electron chi connectivity index (χ4n) is 1.94. The summed E-state index contributed by atoms with van der Waals surface area (Å²) in [5, 5.41) is 0.211. The summed E-state index contributed by atoms with van der Waals surface area (Å²) in [6.45, 7) is 0.359. The van der Waals surface area contributed by atoms with E-state index in [0.717, 1.165) is 5.75 Å². The van der Waals surface area contributed by atoms with Gasteiger partial charge in [0, 0.05) is 13.6 Å². The lowest BCUT2D eigenvalue weighted by Gasteiger charge is -2.18. The molecule has 130 valence electrons. The van der Waals surface area contributed by atoms with Gasteiger partial charge >= 0.3 is 0 Å². The smallest absolute Gasteiger partial charge is 0.244 e. The third-order valence-corrected chi connectivity index (χ3v) is 6.17. The second-order valence-corrected chi connectivity index (χ2v) is 7.70. The van der Waals surface area contributed by atoms with Gasteiger partial charge in [0.05, 0.1) is 17.2 Å². The molecule has 0 saturated carbocycles. The first-order valence-corrected chi connectivity index (χ1v) is 9.23. The van der Waals surface area contributed by atoms with Gasteiger partial charge in [-0.05, 0) is 36.4 Å². The van der Waals surface area contributed by atoms with Gasteiger partial charge in [0.15, 0.2) is 0 Å². The molecule has 2 aromatic rings. The highest BCUT2D eigenvalue weighted by molar-refractivity contribution is 7.89. The number of hydrogen-bond acceptors (Lipinski definition) is 4. The maximum absolute atomic E-state index is 12.5. The van der Waals surface area contributed by atoms with Crippen molar-refractivity contribution in [2.75, 3.05) is 27.3 Å². The molecule has 0 heterocycles. The molecule has 0 aliphatic carbocycles. The molecule has 0 spiro atoms. The number of methoxy groups -OCH3 is 1. The maximum Gasteiger partial charge on any atom is 0.244 e. The molecule has 0 aliphatic heterocycles. The Hall–Kier alpha value is -1.47. The number of likely N-dealkylation sites (N-methyl/N-ethyl adjacent to an activating group) is 1. The van der Waals surface area contributed by atoms with Crippen LogP contribution in [0.1, 0.15) is 0 Å². The molecule has 8 heteroatoms. The number of hydrogen-bond donors (Lipinski definition) is 0. The zero-order valence-electron chi connectivity index (χ0n) is 13.2. The molecule has 2 aromatic carbocycles. The van der Waals surface area contributed by atoms with Crippen LogP contribution in [0, 0.1) is 0 Å². The van der Waals surface area contributed by atoms with Gasteiger partial charge in [0.1, 0.15) is 23.0 Å². The Kier molecular flexibility index (Phi) is 6.34. The van der Waals surface area contributed by atoms with Crippen LogP contribution in [-0.4, -0.2) is 40.0 Å². The van der Waals surface area contributed by atoms with Crippen LogP contribution < -0.4 is 9.47 Å². The molecule has 0 aromatic heterocycles. The molecule has 0 amide bonds. The first-order chi connectivity index (χ1) is 11.4. The first kappa shape index (κ1) is 18.9. The van der Waals surface area contributed by atoms with Gasteiger partial charge in [0.2, 0.25) is 10.0 Å². The van der Waals surface area contributed by atoms with Crippen LogP contribution in [0.4, 0.5) is 0 Å². The lowest BCUT2D eigenvalue weighted by atomic mass is 10.3. The summed E-state index contributed by atoms with van der Waals surface area (Å²) in [7, 11) is -0.698. The van der Waals surface area contributed by atoms with Gasteiger partial charge in [-0.15, -0.1) is 0 Å². The zero-order valence-corrected chi connectivity index (χ0v) is 15.5. The third kappa shape index (κ3) is 4.33. The van der Waals surface area contributed by atoms with Crippen LogP contribution in [0.3, 0.4) is 0 Å². The molecule has 0 unspecified atom stereocenters. The second kappa shape index (κ2) is 8.07. The molecule has 0 aliphatic rings. The van der Waals surface area contributed by atoms with Crippen LogP contribution in [-0.2, 0) is 10.0 Å². The summed E-state index contributed by atoms with van der Waals surface area (Å²) in [4.78, 5) is -0.0244. The summed E-state index contributed by atoms with van der Waals surface area (Å²) < 4.78 is 36.9. The quantitative estimate of drug-likeness (QED) is 0.724. The van der Waals surface area contributed by atoms with E-state index < -0.39 is 10.0 Å². The van der Waals surface area contributed by atoms with Crippen molar-refractivity contribution in [3.63, 3.8) is 0 Å². The molecule has 0 atom stereocenters. The van der Waals surface area contributed by atoms with Gasteiger partial charge in [-0.25, -0.2) is 8.42 Å². The van der Waals surface area contributed by atoms with Gasteiger partial charge in [0.25, 0.3) is 0 Å². The third-order valence-electron chi connectivity index (χ3n) is 3.34. The topological polar surface area (TPSA) is 55.8 Å². The molecule has 0 bridgehead atoms. The summed E-state index contributed by atoms with van der Waals surface area (Å²) >= 11 is 11.9. The number of halogens is 2. The van der Waals surface area contributed by atoms with Crippen molar-refractivity contribution in [2.24, 2.45) is 0 Å². The Morgan fingerprint density at radius 3 is 2.29 bits per heavy atom. The summed E-state index contributed by atoms with van der Waals surface area (Å²) in [5.74, 6) is 1.35. The zero-order chi connectivity index (χ0) is 17.7. The Bertz CT molecular complexity index is 794. The predicted molar refractivity (Wildman–Crippen MR) is 94.8 cm³/mol. The fraction of sp³-hybridized carbons (Fsp3) is 0.250. The monoisotopic (exact) mass is 389 g/mol. The molecular formula is C16H17Cl2NO4S. The normalized spacial score (nSPS) is 11.5. The molecule has 5 nitrogen and oxygen atoms in total. The first-order valence-electron chi connectivity index (χ1n) is 7.03. The van der Waals surface area contributed by atoms with Gasteiger partial charge in [-0.3, -0.25) is 0 Å². The molecule has 0 radical (unpaired) electrons. The summed E-state index contributed by atoms with van der Waals surface area (Å²) in [5.41, 5.74) is 0. The number of ether oxygens (including phenoxy) is 2. The minimum absolute atomic E-state index is 0.0158. The van der Waals surface area contributed by atoms with Crippen molar-refractivity contribution in [3.05, 3.63) is 52.5 Å². The Morgan fingerprint density at radius 1 is 1.04 bits per heavy atom. The van der Waals surface area contributed by atoms with E-state index in [1.807, 2.05) is 0 Å². The van der Waals surface area contributed by atoms with E-state index in [1.54, 1.807) is 37.4 Å². The van der Waals surface area contributed by atoms with E-state index in [2.05, 4.69) is 0 Å². The Morgan fingerprint density at radius 2 is 1.67 bits per heavy atom. The molecule has 2 rings (SSSR count). The minimum Gasteiger partial charge on any atom is -0.497 e. The highest BCUT2D eigenvalue weighted by Gasteiger charge is 2.24. The lowest BCUT2D eigenvalue weighted by Crippen LogP contribution is -2.31. The van der Waals surface area contributed by atoms with E-state index in [0.29, 0.717) is 5.75 Å². The number of rotatable bonds is 7. The maximum atomic E-state index is 12.5. The highest BCUT2D eigenvalue weighted by Crippen LogP contribution is 2.30. The molecule has 0 saturated heterocycles. The lowest BCUT2D eigenvalue weighted by molar-refractivity contribution is 0.286. The molecular weight excluding hydrogens is 373 g/mol. The predicted octanol–water partition coefficient (Wildman–Crippen LogP) is 3.70. The van der Waals surface area contributed by atoms with E-state index >= 15 is 0 Å². The second-order valence-electron chi connectivity index (χ2n) is 4.90. The van der Waals surface area contributed by atoms with Crippen LogP contribution in [0.25, 0.3) is 0 Å². The minimum atomic E-state index is -3.74. The molecule has 0 N–H and O–H groups in total. The SMILES string of the molecule is COc1ccc(OCCN(C)S(=O)(=O)c2cccc(Cl)c2Cl)cc1. The van der Waals surface area contributed by atoms with Gasteiger partial charge in [-0.2, -0.15) is 4.31 Å². The Labute approximate surface area is 151 Å². The fourth-order valence-corrected chi connectivity index (χ4v) is 3.82. The number of nitrogens with zero attached hydrogens (tertiary/aromatic N) is 1. The van der Waals surface area contributed by atoms with Gasteiger partial charge < -0.3 is 9.47 Å². The summed E-state index contributed by atoms with van der Waals surface area (Å²) in [6, 6.07) is 11.5. The number of benzene rings is 2. The van der Waals surface area contributed by atoms with Crippen LogP contribution in [0.2, 0.25) is 10.0 Å². The molecule has 24 heavy (non-hydrogen) atoms. The van der Waals surface area contributed by atoms with Crippen molar-refractivity contribution in [1.82, 2.24) is 4.31 Å². The van der Waals surface area contributed by atoms with Crippen LogP contribution in [0.15, 0.2) is 47.4 Å². The van der Waals surface area contributed by atoms with E-state index in [1.165, 1.54) is 23.5 Å². The van der Waals surface area contributed by atoms with Crippen LogP contribution in [0.5, 0.6) is 11.5 Å². The van der Waals surface area contributed by atoms with Crippen molar-refractivity contribution in [3.8, 4) is 11.5 Å². The van der Waals surface area contributed by atoms with Crippen molar-refractivity contribution < 1.29 is 17.9 Å². The largest absolute Gasteiger partial charge is 0.497 e. The summed E-state index contributed by atoms with van der Waals surface area (Å²) in [6.07, 6.45) is 0. The number of sulfonamides is 1. The highest BCUT2D eigenvalue weighted by atomic mass is 35.5. The standard InChI is InChI=1S/C16H17Cl2NO4S/c1-19(10-11-23-13-8-6-12(22-2)7-9-13)24(20,21)15-5-3-4-14(17)16(15)18/h3-9H,10-11H2,1-2H3. The van der Waals surface area contributed by atoms with Crippen LogP contribution >= 0.6 is 23.2 Å². The van der Waals surface area contributed by atoms with Gasteiger partial charge in [-0.1, -0.05) is 29.3 Å². The van der Waals surface area contributed by atoms with Crippen molar-refractivity contribution in [1.29, 1.82) is 0 Å². The van der Waals surface area contributed by atoms with Crippen molar-refractivity contribution >= 4 is 33.2 Å². The van der Waals surface area contributed by atoms with E-state index in [9.17, 15) is 8.42 Å². The van der Waals surface area contributed by atoms with E-state index in [-0.39, 0.29) is 28.1 Å².